The SMILES string of the molecule is CCOc1cc2c(cc1CNC(=O)[C@@H]1Cc3cc(Cl)ccc3O1)O[C@@H](C)C2. The maximum Gasteiger partial charge on any atom is 0.261 e. The summed E-state index contributed by atoms with van der Waals surface area (Å²) in [6.45, 7) is 4.92. The number of amides is 1. The van der Waals surface area contributed by atoms with Gasteiger partial charge in [0.05, 0.1) is 6.61 Å². The second-order valence-corrected chi connectivity index (χ2v) is 7.35. The Bertz CT molecular complexity index is 883. The van der Waals surface area contributed by atoms with Gasteiger partial charge in [0.2, 0.25) is 0 Å². The van der Waals surface area contributed by atoms with Gasteiger partial charge in [-0.3, -0.25) is 4.79 Å². The average molecular weight is 388 g/mol. The van der Waals surface area contributed by atoms with E-state index in [9.17, 15) is 4.79 Å². The van der Waals surface area contributed by atoms with Crippen LogP contribution in [0.4, 0.5) is 0 Å². The smallest absolute Gasteiger partial charge is 0.261 e. The predicted octanol–water partition coefficient (Wildman–Crippen LogP) is 3.68. The number of hydrogen-bond acceptors (Lipinski definition) is 4. The van der Waals surface area contributed by atoms with Crippen molar-refractivity contribution in [2.24, 2.45) is 0 Å². The average Bonchev–Trinajstić information content (AvgIpc) is 3.21. The quantitative estimate of drug-likeness (QED) is 0.850. The number of benzene rings is 2. The van der Waals surface area contributed by atoms with E-state index in [2.05, 4.69) is 5.32 Å². The van der Waals surface area contributed by atoms with Crippen molar-refractivity contribution in [2.75, 3.05) is 6.61 Å². The summed E-state index contributed by atoms with van der Waals surface area (Å²) in [6.07, 6.45) is 1.01. The molecule has 2 atom stereocenters. The number of carbonyl (C=O) groups excluding carboxylic acids is 1. The first kappa shape index (κ1) is 18.0. The number of carbonyl (C=O) groups is 1. The van der Waals surface area contributed by atoms with Crippen LogP contribution in [0.5, 0.6) is 17.2 Å². The molecule has 0 bridgehead atoms. The van der Waals surface area contributed by atoms with Crippen LogP contribution in [-0.2, 0) is 24.2 Å². The molecule has 2 aromatic rings. The van der Waals surface area contributed by atoms with E-state index in [1.54, 1.807) is 12.1 Å². The Hall–Kier alpha value is -2.40. The number of hydrogen-bond donors (Lipinski definition) is 1. The Morgan fingerprint density at radius 3 is 2.81 bits per heavy atom. The van der Waals surface area contributed by atoms with E-state index >= 15 is 0 Å². The molecule has 2 aliphatic heterocycles. The lowest BCUT2D eigenvalue weighted by Gasteiger charge is -2.15. The normalized spacial score (nSPS) is 19.7. The van der Waals surface area contributed by atoms with E-state index in [4.69, 9.17) is 25.8 Å². The van der Waals surface area contributed by atoms with E-state index in [0.29, 0.717) is 24.6 Å². The van der Waals surface area contributed by atoms with E-state index < -0.39 is 6.10 Å². The standard InChI is InChI=1S/C21H22ClNO4/c1-3-25-18-8-13-6-12(2)26-19(13)10-15(18)11-23-21(24)20-9-14-7-16(22)4-5-17(14)27-20/h4-5,7-8,10,12,20H,3,6,9,11H2,1-2H3,(H,23,24)/t12-,20-/m0/s1. The van der Waals surface area contributed by atoms with Gasteiger partial charge in [-0.25, -0.2) is 0 Å². The second kappa shape index (κ2) is 7.31. The molecule has 1 amide bonds. The van der Waals surface area contributed by atoms with Gasteiger partial charge in [0.25, 0.3) is 5.91 Å². The highest BCUT2D eigenvalue weighted by Crippen LogP contribution is 2.35. The predicted molar refractivity (Wildman–Crippen MR) is 103 cm³/mol. The molecule has 0 fully saturated rings. The molecule has 27 heavy (non-hydrogen) atoms. The molecule has 142 valence electrons. The van der Waals surface area contributed by atoms with Crippen molar-refractivity contribution in [3.05, 3.63) is 52.0 Å². The third-order valence-corrected chi connectivity index (χ3v) is 5.06. The van der Waals surface area contributed by atoms with Gasteiger partial charge in [-0.15, -0.1) is 0 Å². The number of halogens is 1. The van der Waals surface area contributed by atoms with Crippen LogP contribution < -0.4 is 19.5 Å². The molecular weight excluding hydrogens is 366 g/mol. The van der Waals surface area contributed by atoms with Crippen LogP contribution in [0, 0.1) is 0 Å². The molecule has 2 aromatic carbocycles. The number of ether oxygens (including phenoxy) is 3. The topological polar surface area (TPSA) is 56.8 Å². The third-order valence-electron chi connectivity index (χ3n) is 4.82. The molecule has 2 aliphatic rings. The van der Waals surface area contributed by atoms with E-state index in [0.717, 1.165) is 40.4 Å². The highest BCUT2D eigenvalue weighted by Gasteiger charge is 2.29. The van der Waals surface area contributed by atoms with Gasteiger partial charge in [-0.1, -0.05) is 11.6 Å². The van der Waals surface area contributed by atoms with Gasteiger partial charge in [-0.05, 0) is 49.7 Å². The van der Waals surface area contributed by atoms with Crippen molar-refractivity contribution in [1.82, 2.24) is 5.32 Å². The number of nitrogens with one attached hydrogen (secondary N) is 1. The Morgan fingerprint density at radius 1 is 1.19 bits per heavy atom. The van der Waals surface area contributed by atoms with Gasteiger partial charge < -0.3 is 19.5 Å². The molecule has 1 N–H and O–H groups in total. The zero-order valence-corrected chi connectivity index (χ0v) is 16.1. The summed E-state index contributed by atoms with van der Waals surface area (Å²) in [4.78, 5) is 12.6. The molecule has 6 heteroatoms. The summed E-state index contributed by atoms with van der Waals surface area (Å²) in [7, 11) is 0. The molecule has 4 rings (SSSR count). The van der Waals surface area contributed by atoms with Gasteiger partial charge in [0.15, 0.2) is 6.10 Å². The molecule has 0 aliphatic carbocycles. The summed E-state index contributed by atoms with van der Waals surface area (Å²) in [6, 6.07) is 9.40. The lowest BCUT2D eigenvalue weighted by Crippen LogP contribution is -2.37. The van der Waals surface area contributed by atoms with Crippen molar-refractivity contribution in [1.29, 1.82) is 0 Å². The first-order valence-electron chi connectivity index (χ1n) is 9.21. The fraction of sp³-hybridized carbons (Fsp3) is 0.381. The fourth-order valence-electron chi connectivity index (χ4n) is 3.57. The van der Waals surface area contributed by atoms with Crippen LogP contribution in [0.25, 0.3) is 0 Å². The fourth-order valence-corrected chi connectivity index (χ4v) is 3.76. The Balaban J connectivity index is 1.44. The molecule has 0 unspecified atom stereocenters. The molecule has 5 nitrogen and oxygen atoms in total. The maximum atomic E-state index is 12.6. The highest BCUT2D eigenvalue weighted by molar-refractivity contribution is 6.30. The van der Waals surface area contributed by atoms with Crippen molar-refractivity contribution in [3.8, 4) is 17.2 Å². The van der Waals surface area contributed by atoms with E-state index in [1.165, 1.54) is 0 Å². The molecule has 0 radical (unpaired) electrons. The maximum absolute atomic E-state index is 12.6. The Morgan fingerprint density at radius 2 is 2.00 bits per heavy atom. The number of rotatable bonds is 5. The van der Waals surface area contributed by atoms with Crippen LogP contribution in [-0.4, -0.2) is 24.7 Å². The van der Waals surface area contributed by atoms with E-state index in [1.807, 2.05) is 32.0 Å². The minimum Gasteiger partial charge on any atom is -0.494 e. The molecule has 0 saturated carbocycles. The monoisotopic (exact) mass is 387 g/mol. The van der Waals surface area contributed by atoms with Gasteiger partial charge in [0.1, 0.15) is 23.4 Å². The summed E-state index contributed by atoms with van der Waals surface area (Å²) in [5.74, 6) is 2.22. The highest BCUT2D eigenvalue weighted by atomic mass is 35.5. The Kier molecular flexibility index (Phi) is 4.87. The third kappa shape index (κ3) is 3.69. The van der Waals surface area contributed by atoms with E-state index in [-0.39, 0.29) is 12.0 Å². The molecule has 0 spiro atoms. The summed E-state index contributed by atoms with van der Waals surface area (Å²) in [5, 5.41) is 3.60. The minimum atomic E-state index is -0.542. The lowest BCUT2D eigenvalue weighted by atomic mass is 10.1. The summed E-state index contributed by atoms with van der Waals surface area (Å²) >= 11 is 6.01. The van der Waals surface area contributed by atoms with Gasteiger partial charge >= 0.3 is 0 Å². The first-order valence-corrected chi connectivity index (χ1v) is 9.59. The second-order valence-electron chi connectivity index (χ2n) is 6.91. The van der Waals surface area contributed by atoms with Crippen molar-refractivity contribution < 1.29 is 19.0 Å². The van der Waals surface area contributed by atoms with Crippen LogP contribution in [0.2, 0.25) is 5.02 Å². The summed E-state index contributed by atoms with van der Waals surface area (Å²) < 4.78 is 17.4. The van der Waals surface area contributed by atoms with Gasteiger partial charge in [-0.2, -0.15) is 0 Å². The first-order chi connectivity index (χ1) is 13.0. The van der Waals surface area contributed by atoms with Crippen LogP contribution in [0.15, 0.2) is 30.3 Å². The number of fused-ring (bicyclic) bond motifs is 2. The van der Waals surface area contributed by atoms with Crippen LogP contribution in [0.3, 0.4) is 0 Å². The zero-order chi connectivity index (χ0) is 19.0. The summed E-state index contributed by atoms with van der Waals surface area (Å²) in [5.41, 5.74) is 3.00. The zero-order valence-electron chi connectivity index (χ0n) is 15.4. The lowest BCUT2D eigenvalue weighted by molar-refractivity contribution is -0.127. The van der Waals surface area contributed by atoms with Crippen LogP contribution in [0.1, 0.15) is 30.5 Å². The van der Waals surface area contributed by atoms with Crippen LogP contribution >= 0.6 is 11.6 Å². The largest absolute Gasteiger partial charge is 0.494 e. The van der Waals surface area contributed by atoms with Crippen molar-refractivity contribution >= 4 is 17.5 Å². The molecule has 0 saturated heterocycles. The molecular formula is C21H22ClNO4. The molecule has 0 aromatic heterocycles. The van der Waals surface area contributed by atoms with Gasteiger partial charge in [0, 0.05) is 35.5 Å². The van der Waals surface area contributed by atoms with Crippen molar-refractivity contribution in [2.45, 2.75) is 45.4 Å². The minimum absolute atomic E-state index is 0.153. The Labute approximate surface area is 163 Å². The molecule has 2 heterocycles. The van der Waals surface area contributed by atoms with Crippen molar-refractivity contribution in [3.63, 3.8) is 0 Å².